The molecule has 1 aromatic heterocycles. The minimum absolute atomic E-state index is 0.0850. The Balaban J connectivity index is 1.18. The van der Waals surface area contributed by atoms with E-state index in [0.717, 1.165) is 44.6 Å². The van der Waals surface area contributed by atoms with Crippen molar-refractivity contribution < 1.29 is 14.3 Å². The molecule has 5 rings (SSSR count). The van der Waals surface area contributed by atoms with Crippen LogP contribution in [-0.2, 0) is 22.7 Å². The van der Waals surface area contributed by atoms with Gasteiger partial charge >= 0.3 is 0 Å². The number of nitrogens with one attached hydrogen (secondary N) is 1. The highest BCUT2D eigenvalue weighted by molar-refractivity contribution is 5.92. The average molecular weight is 358 g/mol. The molecule has 2 saturated carbocycles. The Kier molecular flexibility index (Phi) is 3.64. The molecule has 1 saturated heterocycles. The zero-order chi connectivity index (χ0) is 17.9. The van der Waals surface area contributed by atoms with Gasteiger partial charge in [0, 0.05) is 31.6 Å². The Bertz CT molecular complexity index is 752. The van der Waals surface area contributed by atoms with Crippen LogP contribution in [0.15, 0.2) is 6.20 Å². The predicted octanol–water partition coefficient (Wildman–Crippen LogP) is 1.18. The van der Waals surface area contributed by atoms with Gasteiger partial charge in [-0.2, -0.15) is 0 Å². The molecule has 2 unspecified atom stereocenters. The predicted molar refractivity (Wildman–Crippen MR) is 93.3 cm³/mol. The number of hydrogen-bond acceptors (Lipinski definition) is 4. The van der Waals surface area contributed by atoms with Crippen LogP contribution in [0.2, 0.25) is 0 Å². The van der Waals surface area contributed by atoms with Gasteiger partial charge < -0.3 is 19.5 Å². The smallest absolute Gasteiger partial charge is 0.272 e. The van der Waals surface area contributed by atoms with Crippen molar-refractivity contribution in [1.82, 2.24) is 19.8 Å². The fraction of sp³-hybridized carbons (Fsp3) is 0.737. The van der Waals surface area contributed by atoms with Crippen LogP contribution in [0, 0.1) is 17.3 Å². The first-order valence-corrected chi connectivity index (χ1v) is 9.76. The largest absolute Gasteiger partial charge is 0.372 e. The lowest BCUT2D eigenvalue weighted by molar-refractivity contribution is -0.124. The first-order chi connectivity index (χ1) is 12.5. The fourth-order valence-electron chi connectivity index (χ4n) is 4.96. The number of amides is 2. The summed E-state index contributed by atoms with van der Waals surface area (Å²) in [6, 6.07) is 0.297. The third-order valence-electron chi connectivity index (χ3n) is 6.72. The quantitative estimate of drug-likeness (QED) is 0.880. The number of likely N-dealkylation sites (tertiary alicyclic amines) is 1. The summed E-state index contributed by atoms with van der Waals surface area (Å²) in [5, 5.41) is 3.20. The van der Waals surface area contributed by atoms with Gasteiger partial charge in [-0.15, -0.1) is 0 Å². The molecular weight excluding hydrogens is 332 g/mol. The summed E-state index contributed by atoms with van der Waals surface area (Å²) in [5.41, 5.74) is 0.892. The molecule has 3 heterocycles. The monoisotopic (exact) mass is 358 g/mol. The second-order valence-electron chi connectivity index (χ2n) is 8.67. The maximum atomic E-state index is 13.0. The second kappa shape index (κ2) is 5.81. The molecule has 2 aliphatic carbocycles. The van der Waals surface area contributed by atoms with Gasteiger partial charge in [0.2, 0.25) is 5.91 Å². The molecule has 1 N–H and O–H groups in total. The highest BCUT2D eigenvalue weighted by Crippen LogP contribution is 2.49. The molecule has 0 bridgehead atoms. The number of hydrogen-bond donors (Lipinski definition) is 1. The standard InChI is InChI=1S/C19H26N4O3/c1-12-6-14(12)17(24)21-13-7-19(8-13)2-3-22(11-19)18(25)15-9-20-16-10-26-5-4-23(15)16/h9,12-14H,2-8,10-11H2,1H3,(H,21,24). The van der Waals surface area contributed by atoms with Crippen LogP contribution < -0.4 is 5.32 Å². The van der Waals surface area contributed by atoms with E-state index in [0.29, 0.717) is 37.4 Å². The molecule has 0 radical (unpaired) electrons. The van der Waals surface area contributed by atoms with Crippen molar-refractivity contribution in [3.8, 4) is 0 Å². The van der Waals surface area contributed by atoms with E-state index in [1.54, 1.807) is 6.20 Å². The summed E-state index contributed by atoms with van der Waals surface area (Å²) in [5.74, 6) is 1.95. The van der Waals surface area contributed by atoms with Crippen LogP contribution in [0.5, 0.6) is 0 Å². The third kappa shape index (κ3) is 2.64. The van der Waals surface area contributed by atoms with E-state index in [9.17, 15) is 9.59 Å². The number of rotatable bonds is 3. The zero-order valence-corrected chi connectivity index (χ0v) is 15.2. The molecular formula is C19H26N4O3. The normalized spacial score (nSPS) is 35.1. The SMILES string of the molecule is CC1CC1C(=O)NC1CC2(CCN(C(=O)c3cnc4n3CCOC4)C2)C1. The van der Waals surface area contributed by atoms with Crippen molar-refractivity contribution in [2.24, 2.45) is 17.3 Å². The molecule has 7 nitrogen and oxygen atoms in total. The van der Waals surface area contributed by atoms with Crippen LogP contribution in [-0.4, -0.2) is 52.0 Å². The Morgan fingerprint density at radius 1 is 1.35 bits per heavy atom. The van der Waals surface area contributed by atoms with E-state index in [4.69, 9.17) is 4.74 Å². The van der Waals surface area contributed by atoms with E-state index in [1.807, 2.05) is 9.47 Å². The summed E-state index contributed by atoms with van der Waals surface area (Å²) < 4.78 is 7.40. The molecule has 0 aromatic carbocycles. The molecule has 1 aromatic rings. The van der Waals surface area contributed by atoms with Crippen molar-refractivity contribution in [3.63, 3.8) is 0 Å². The summed E-state index contributed by atoms with van der Waals surface area (Å²) in [6.45, 7) is 5.55. The van der Waals surface area contributed by atoms with E-state index >= 15 is 0 Å². The lowest BCUT2D eigenvalue weighted by Gasteiger charge is -2.45. The highest BCUT2D eigenvalue weighted by Gasteiger charge is 2.51. The van der Waals surface area contributed by atoms with Crippen LogP contribution in [0.4, 0.5) is 0 Å². The van der Waals surface area contributed by atoms with Gasteiger partial charge in [0.25, 0.3) is 5.91 Å². The summed E-state index contributed by atoms with van der Waals surface area (Å²) >= 11 is 0. The molecule has 3 fully saturated rings. The lowest BCUT2D eigenvalue weighted by Crippen LogP contribution is -2.52. The van der Waals surface area contributed by atoms with Crippen molar-refractivity contribution in [1.29, 1.82) is 0 Å². The zero-order valence-electron chi connectivity index (χ0n) is 15.2. The van der Waals surface area contributed by atoms with Crippen molar-refractivity contribution in [2.75, 3.05) is 19.7 Å². The molecule has 2 aliphatic heterocycles. The molecule has 7 heteroatoms. The summed E-state index contributed by atoms with van der Waals surface area (Å²) in [6.07, 6.45) is 5.77. The minimum atomic E-state index is 0.0850. The van der Waals surface area contributed by atoms with E-state index in [-0.39, 0.29) is 23.1 Å². The molecule has 2 atom stereocenters. The van der Waals surface area contributed by atoms with Gasteiger partial charge in [0.15, 0.2) is 0 Å². The van der Waals surface area contributed by atoms with Crippen molar-refractivity contribution in [2.45, 2.75) is 51.8 Å². The van der Waals surface area contributed by atoms with Crippen LogP contribution in [0.25, 0.3) is 0 Å². The number of ether oxygens (including phenoxy) is 1. The summed E-state index contributed by atoms with van der Waals surface area (Å²) in [4.78, 5) is 31.4. The Hall–Kier alpha value is -1.89. The number of carbonyl (C=O) groups excluding carboxylic acids is 2. The van der Waals surface area contributed by atoms with Gasteiger partial charge in [-0.3, -0.25) is 9.59 Å². The molecule has 26 heavy (non-hydrogen) atoms. The van der Waals surface area contributed by atoms with E-state index < -0.39 is 0 Å². The molecule has 2 amide bonds. The van der Waals surface area contributed by atoms with E-state index in [2.05, 4.69) is 17.2 Å². The molecule has 4 aliphatic rings. The second-order valence-corrected chi connectivity index (χ2v) is 8.67. The van der Waals surface area contributed by atoms with Crippen molar-refractivity contribution >= 4 is 11.8 Å². The van der Waals surface area contributed by atoms with Gasteiger partial charge in [-0.25, -0.2) is 4.98 Å². The number of imidazole rings is 1. The number of aromatic nitrogens is 2. The maximum Gasteiger partial charge on any atom is 0.272 e. The Morgan fingerprint density at radius 2 is 2.15 bits per heavy atom. The first-order valence-electron chi connectivity index (χ1n) is 9.76. The van der Waals surface area contributed by atoms with Crippen molar-refractivity contribution in [3.05, 3.63) is 17.7 Å². The molecule has 1 spiro atoms. The Labute approximate surface area is 153 Å². The lowest BCUT2D eigenvalue weighted by atomic mass is 9.65. The molecule has 140 valence electrons. The van der Waals surface area contributed by atoms with Crippen LogP contribution >= 0.6 is 0 Å². The number of carbonyl (C=O) groups is 2. The highest BCUT2D eigenvalue weighted by atomic mass is 16.5. The summed E-state index contributed by atoms with van der Waals surface area (Å²) in [7, 11) is 0. The topological polar surface area (TPSA) is 76.5 Å². The average Bonchev–Trinajstić information content (AvgIpc) is 3.03. The van der Waals surface area contributed by atoms with Gasteiger partial charge in [-0.05, 0) is 37.0 Å². The minimum Gasteiger partial charge on any atom is -0.372 e. The number of nitrogens with zero attached hydrogens (tertiary/aromatic N) is 3. The van der Waals surface area contributed by atoms with Crippen LogP contribution in [0.1, 0.15) is 48.9 Å². The van der Waals surface area contributed by atoms with Crippen LogP contribution in [0.3, 0.4) is 0 Å². The first kappa shape index (κ1) is 16.3. The maximum absolute atomic E-state index is 13.0. The van der Waals surface area contributed by atoms with Gasteiger partial charge in [0.1, 0.15) is 18.1 Å². The van der Waals surface area contributed by atoms with E-state index in [1.165, 1.54) is 0 Å². The fourth-order valence-corrected chi connectivity index (χ4v) is 4.96. The third-order valence-corrected chi connectivity index (χ3v) is 6.72. The number of fused-ring (bicyclic) bond motifs is 1. The Morgan fingerprint density at radius 3 is 2.92 bits per heavy atom. The van der Waals surface area contributed by atoms with Gasteiger partial charge in [0.05, 0.1) is 12.8 Å². The van der Waals surface area contributed by atoms with Gasteiger partial charge in [-0.1, -0.05) is 6.92 Å².